The second-order valence-corrected chi connectivity index (χ2v) is 9.15. The van der Waals surface area contributed by atoms with E-state index >= 15 is 0 Å². The maximum Gasteiger partial charge on any atom is 0.407 e. The van der Waals surface area contributed by atoms with Crippen molar-refractivity contribution in [1.82, 2.24) is 19.4 Å². The van der Waals surface area contributed by atoms with E-state index in [2.05, 4.69) is 4.98 Å². The number of halogens is 2. The van der Waals surface area contributed by atoms with Gasteiger partial charge in [0.05, 0.1) is 6.04 Å². The molecule has 2 aliphatic rings. The molecule has 0 spiro atoms. The van der Waals surface area contributed by atoms with Crippen LogP contribution in [-0.2, 0) is 18.5 Å². The van der Waals surface area contributed by atoms with Gasteiger partial charge in [-0.1, -0.05) is 24.3 Å². The van der Waals surface area contributed by atoms with Gasteiger partial charge in [0.25, 0.3) is 5.91 Å². The van der Waals surface area contributed by atoms with Gasteiger partial charge in [0.15, 0.2) is 5.69 Å². The van der Waals surface area contributed by atoms with E-state index in [1.165, 1.54) is 65.0 Å². The number of carbonyl (C=O) groups excluding carboxylic acids is 1. The summed E-state index contributed by atoms with van der Waals surface area (Å²) >= 11 is 0. The highest BCUT2D eigenvalue weighted by molar-refractivity contribution is 5.96. The minimum absolute atomic E-state index is 0.0503. The van der Waals surface area contributed by atoms with E-state index in [9.17, 15) is 33.4 Å². The zero-order valence-corrected chi connectivity index (χ0v) is 19.2. The normalized spacial score (nSPS) is 20.4. The van der Waals surface area contributed by atoms with Crippen LogP contribution in [0, 0.1) is 11.6 Å². The first-order valence-corrected chi connectivity index (χ1v) is 11.2. The van der Waals surface area contributed by atoms with Crippen LogP contribution in [-0.4, -0.2) is 55.2 Å². The monoisotopic (exact) mass is 496 g/mol. The highest BCUT2D eigenvalue weighted by Crippen LogP contribution is 2.48. The largest absolute Gasteiger partial charge is 0.501 e. The number of benzene rings is 2. The Hall–Kier alpha value is -4.28. The number of amides is 2. The van der Waals surface area contributed by atoms with Crippen molar-refractivity contribution in [3.63, 3.8) is 0 Å². The van der Waals surface area contributed by atoms with Crippen LogP contribution in [0.25, 0.3) is 0 Å². The zero-order valence-electron chi connectivity index (χ0n) is 19.2. The molecule has 0 radical (unpaired) electrons. The van der Waals surface area contributed by atoms with Crippen molar-refractivity contribution in [2.75, 3.05) is 13.6 Å². The maximum atomic E-state index is 13.5. The second kappa shape index (κ2) is 8.43. The minimum Gasteiger partial charge on any atom is -0.501 e. The van der Waals surface area contributed by atoms with Crippen molar-refractivity contribution >= 4 is 12.0 Å². The average molecular weight is 496 g/mol. The molecule has 0 bridgehead atoms. The highest BCUT2D eigenvalue weighted by Gasteiger charge is 2.54. The fraction of sp³-hybridized carbons (Fsp3) is 0.280. The first kappa shape index (κ1) is 23.5. The fourth-order valence-corrected chi connectivity index (χ4v) is 5.24. The quantitative estimate of drug-likeness (QED) is 0.561. The molecule has 2 aliphatic heterocycles. The number of aromatic hydroxyl groups is 1. The van der Waals surface area contributed by atoms with Gasteiger partial charge >= 0.3 is 11.7 Å². The van der Waals surface area contributed by atoms with Crippen molar-refractivity contribution in [1.29, 1.82) is 0 Å². The van der Waals surface area contributed by atoms with Crippen molar-refractivity contribution in [2.45, 2.75) is 31.0 Å². The molecule has 2 aromatic carbocycles. The van der Waals surface area contributed by atoms with Crippen molar-refractivity contribution < 1.29 is 28.6 Å². The van der Waals surface area contributed by atoms with Gasteiger partial charge in [-0.2, -0.15) is 4.98 Å². The van der Waals surface area contributed by atoms with Crippen LogP contribution in [0.4, 0.5) is 13.6 Å². The van der Waals surface area contributed by atoms with Gasteiger partial charge in [0.2, 0.25) is 5.75 Å². The summed E-state index contributed by atoms with van der Waals surface area (Å²) in [6.07, 6.45) is -1.06. The summed E-state index contributed by atoms with van der Waals surface area (Å²) in [6, 6.07) is 10.7. The number of rotatable bonds is 5. The van der Waals surface area contributed by atoms with E-state index in [1.54, 1.807) is 0 Å². The van der Waals surface area contributed by atoms with Crippen LogP contribution < -0.4 is 5.56 Å². The summed E-state index contributed by atoms with van der Waals surface area (Å²) in [5.74, 6) is -2.26. The Bertz CT molecular complexity index is 1420. The Morgan fingerprint density at radius 3 is 2.25 bits per heavy atom. The van der Waals surface area contributed by atoms with E-state index in [-0.39, 0.29) is 37.4 Å². The first-order chi connectivity index (χ1) is 17.1. The van der Waals surface area contributed by atoms with Crippen LogP contribution in [0.15, 0.2) is 53.3 Å². The van der Waals surface area contributed by atoms with Gasteiger partial charge < -0.3 is 19.7 Å². The molecule has 0 fully saturated rings. The Morgan fingerprint density at radius 2 is 1.67 bits per heavy atom. The Morgan fingerprint density at radius 1 is 1.08 bits per heavy atom. The molecular weight excluding hydrogens is 474 g/mol. The molecule has 0 saturated carbocycles. The number of hydrogen-bond donors (Lipinski definition) is 2. The van der Waals surface area contributed by atoms with Crippen LogP contribution in [0.2, 0.25) is 0 Å². The fourth-order valence-electron chi connectivity index (χ4n) is 5.24. The number of carbonyl (C=O) groups is 2. The van der Waals surface area contributed by atoms with Crippen LogP contribution in [0.1, 0.15) is 39.9 Å². The van der Waals surface area contributed by atoms with E-state index in [1.807, 2.05) is 0 Å². The standard InChI is InChI=1S/C25H22F2N4O5/c1-29(24(35)36)25(10-14-2-6-16(26)7-3-14)11-18-13-30(12-15-4-8-17(27)9-5-15)22(34)19-20(32)21(33)28-23(25)31(18)19/h2-9,18,32H,10-13H2,1H3,(H,35,36). The lowest BCUT2D eigenvalue weighted by Gasteiger charge is -2.36. The molecule has 1 aromatic heterocycles. The smallest absolute Gasteiger partial charge is 0.407 e. The van der Waals surface area contributed by atoms with E-state index in [0.29, 0.717) is 11.1 Å². The highest BCUT2D eigenvalue weighted by atomic mass is 19.1. The second-order valence-electron chi connectivity index (χ2n) is 9.15. The third-order valence-corrected chi connectivity index (χ3v) is 7.00. The van der Waals surface area contributed by atoms with Crippen molar-refractivity contribution in [3.05, 3.63) is 93.2 Å². The third kappa shape index (κ3) is 3.67. The summed E-state index contributed by atoms with van der Waals surface area (Å²) in [6.45, 7) is 0.249. The number of likely N-dealkylation sites (N-methyl/N-ethyl adjacent to an activating group) is 1. The maximum absolute atomic E-state index is 13.5. The summed E-state index contributed by atoms with van der Waals surface area (Å²) in [5, 5.41) is 20.5. The summed E-state index contributed by atoms with van der Waals surface area (Å²) in [7, 11) is 1.35. The predicted molar refractivity (Wildman–Crippen MR) is 123 cm³/mol. The molecular formula is C25H22F2N4O5. The Labute approximate surface area is 203 Å². The molecule has 3 aromatic rings. The van der Waals surface area contributed by atoms with Crippen LogP contribution in [0.5, 0.6) is 5.75 Å². The number of carboxylic acid groups (broad SMARTS) is 1. The number of nitrogens with zero attached hydrogens (tertiary/aromatic N) is 4. The molecule has 186 valence electrons. The van der Waals surface area contributed by atoms with Gasteiger partial charge in [0.1, 0.15) is 23.0 Å². The van der Waals surface area contributed by atoms with Gasteiger partial charge in [-0.05, 0) is 35.4 Å². The topological polar surface area (TPSA) is 116 Å². The van der Waals surface area contributed by atoms with Gasteiger partial charge in [0, 0.05) is 33.0 Å². The average Bonchev–Trinajstić information content (AvgIpc) is 3.14. The molecule has 36 heavy (non-hydrogen) atoms. The van der Waals surface area contributed by atoms with Crippen molar-refractivity contribution in [2.24, 2.45) is 0 Å². The molecule has 3 heterocycles. The lowest BCUT2D eigenvalue weighted by molar-refractivity contribution is 0.0619. The van der Waals surface area contributed by atoms with Crippen LogP contribution >= 0.6 is 0 Å². The molecule has 5 rings (SSSR count). The van der Waals surface area contributed by atoms with E-state index < -0.39 is 46.5 Å². The number of aromatic nitrogens is 2. The number of hydrogen-bond acceptors (Lipinski definition) is 5. The molecule has 11 heteroatoms. The zero-order chi connectivity index (χ0) is 25.8. The Balaban J connectivity index is 1.63. The molecule has 9 nitrogen and oxygen atoms in total. The van der Waals surface area contributed by atoms with Crippen molar-refractivity contribution in [3.8, 4) is 5.75 Å². The molecule has 0 aliphatic carbocycles. The minimum atomic E-state index is -1.36. The van der Waals surface area contributed by atoms with Gasteiger partial charge in [-0.25, -0.2) is 13.6 Å². The summed E-state index contributed by atoms with van der Waals surface area (Å²) in [5.41, 5.74) is -1.41. The van der Waals surface area contributed by atoms with E-state index in [0.717, 1.165) is 4.90 Å². The molecule has 2 N–H and O–H groups in total. The lowest BCUT2D eigenvalue weighted by atomic mass is 9.85. The Kier molecular flexibility index (Phi) is 5.50. The molecule has 2 amide bonds. The summed E-state index contributed by atoms with van der Waals surface area (Å²) < 4.78 is 28.3. The lowest BCUT2D eigenvalue weighted by Crippen LogP contribution is -2.48. The molecule has 2 unspecified atom stereocenters. The third-order valence-electron chi connectivity index (χ3n) is 7.00. The SMILES string of the molecule is CN(C(=O)O)C1(Cc2ccc(F)cc2)CC2CN(Cc3ccc(F)cc3)C(=O)c3c(O)c(=O)nc1n32. The molecule has 0 saturated heterocycles. The van der Waals surface area contributed by atoms with E-state index in [4.69, 9.17) is 0 Å². The van der Waals surface area contributed by atoms with Gasteiger partial charge in [-0.15, -0.1) is 0 Å². The molecule has 2 atom stereocenters. The van der Waals surface area contributed by atoms with Crippen LogP contribution in [0.3, 0.4) is 0 Å². The predicted octanol–water partition coefficient (Wildman–Crippen LogP) is 2.88. The first-order valence-electron chi connectivity index (χ1n) is 11.2. The summed E-state index contributed by atoms with van der Waals surface area (Å²) in [4.78, 5) is 44.8. The van der Waals surface area contributed by atoms with Gasteiger partial charge in [-0.3, -0.25) is 14.5 Å².